The Balaban J connectivity index is 1.76. The second-order valence-corrected chi connectivity index (χ2v) is 5.48. The molecule has 136 valence electrons. The molecular formula is C17H17ClN4O4. The van der Waals surface area contributed by atoms with Crippen LogP contribution < -0.4 is 20.8 Å². The van der Waals surface area contributed by atoms with Gasteiger partial charge in [-0.3, -0.25) is 4.79 Å². The average Bonchev–Trinajstić information content (AvgIpc) is 2.60. The van der Waals surface area contributed by atoms with Crippen molar-refractivity contribution in [3.63, 3.8) is 0 Å². The number of urea groups is 1. The smallest absolute Gasteiger partial charge is 0.319 e. The predicted molar refractivity (Wildman–Crippen MR) is 98.9 cm³/mol. The molecule has 0 spiro atoms. The van der Waals surface area contributed by atoms with Crippen molar-refractivity contribution in [1.82, 2.24) is 10.7 Å². The zero-order chi connectivity index (χ0) is 18.9. The molecule has 0 aromatic heterocycles. The Morgan fingerprint density at radius 1 is 1.27 bits per heavy atom. The van der Waals surface area contributed by atoms with Crippen molar-refractivity contribution in [3.05, 3.63) is 53.1 Å². The maximum absolute atomic E-state index is 11.7. The highest BCUT2D eigenvalue weighted by Crippen LogP contribution is 2.25. The summed E-state index contributed by atoms with van der Waals surface area (Å²) < 4.78 is 4.93. The second kappa shape index (κ2) is 9.28. The minimum atomic E-state index is -0.550. The minimum Gasteiger partial charge on any atom is -0.504 e. The number of nitrogens with one attached hydrogen (secondary N) is 3. The summed E-state index contributed by atoms with van der Waals surface area (Å²) in [5.41, 5.74) is 3.33. The third-order valence-corrected chi connectivity index (χ3v) is 3.33. The van der Waals surface area contributed by atoms with E-state index in [1.807, 2.05) is 0 Å². The lowest BCUT2D eigenvalue weighted by Gasteiger charge is -2.07. The van der Waals surface area contributed by atoms with Crippen LogP contribution in [0.5, 0.6) is 11.5 Å². The quantitative estimate of drug-likeness (QED) is 0.458. The third kappa shape index (κ3) is 5.99. The van der Waals surface area contributed by atoms with Crippen LogP contribution in [0.2, 0.25) is 5.02 Å². The van der Waals surface area contributed by atoms with Crippen LogP contribution in [0.15, 0.2) is 47.6 Å². The van der Waals surface area contributed by atoms with Gasteiger partial charge >= 0.3 is 6.03 Å². The molecule has 0 saturated carbocycles. The summed E-state index contributed by atoms with van der Waals surface area (Å²) in [7, 11) is 1.44. The minimum absolute atomic E-state index is 0.0397. The van der Waals surface area contributed by atoms with E-state index in [1.54, 1.807) is 36.4 Å². The number of hydrogen-bond acceptors (Lipinski definition) is 5. The number of hydrazone groups is 1. The summed E-state index contributed by atoms with van der Waals surface area (Å²) in [4.78, 5) is 23.4. The Morgan fingerprint density at radius 3 is 2.77 bits per heavy atom. The van der Waals surface area contributed by atoms with Crippen LogP contribution in [0.25, 0.3) is 0 Å². The molecule has 2 rings (SSSR count). The molecule has 0 atom stereocenters. The molecule has 0 unspecified atom stereocenters. The van der Waals surface area contributed by atoms with Gasteiger partial charge in [0.1, 0.15) is 6.54 Å². The topological polar surface area (TPSA) is 112 Å². The van der Waals surface area contributed by atoms with Crippen molar-refractivity contribution >= 4 is 35.4 Å². The highest BCUT2D eigenvalue weighted by Gasteiger charge is 2.05. The number of rotatable bonds is 6. The van der Waals surface area contributed by atoms with Crippen molar-refractivity contribution in [2.24, 2.45) is 5.10 Å². The molecule has 0 aliphatic carbocycles. The molecule has 2 aromatic carbocycles. The van der Waals surface area contributed by atoms with Gasteiger partial charge in [-0.25, -0.2) is 10.2 Å². The van der Waals surface area contributed by atoms with Gasteiger partial charge in [0.15, 0.2) is 11.5 Å². The Kier molecular flexibility index (Phi) is 6.81. The van der Waals surface area contributed by atoms with Gasteiger partial charge in [-0.1, -0.05) is 17.7 Å². The molecule has 0 fully saturated rings. The maximum atomic E-state index is 11.7. The standard InChI is InChI=1S/C17H17ClN4O4/c1-26-15-6-5-11(7-14(15)23)9-20-22-16(24)10-19-17(25)21-13-4-2-3-12(18)8-13/h2-9,23H,10H2,1H3,(H,22,24)(H2,19,21,25)/b20-9-. The molecule has 0 radical (unpaired) electrons. The fourth-order valence-electron chi connectivity index (χ4n) is 1.91. The van der Waals surface area contributed by atoms with Crippen LogP contribution in [0, 0.1) is 0 Å². The molecule has 0 saturated heterocycles. The molecule has 4 N–H and O–H groups in total. The average molecular weight is 377 g/mol. The molecule has 0 heterocycles. The van der Waals surface area contributed by atoms with Gasteiger partial charge in [-0.05, 0) is 42.0 Å². The lowest BCUT2D eigenvalue weighted by molar-refractivity contribution is -0.120. The lowest BCUT2D eigenvalue weighted by Crippen LogP contribution is -2.37. The zero-order valence-electron chi connectivity index (χ0n) is 13.8. The molecule has 0 aliphatic rings. The Hall–Kier alpha value is -3.26. The Labute approximate surface area is 154 Å². The lowest BCUT2D eigenvalue weighted by atomic mass is 10.2. The SMILES string of the molecule is COc1ccc(/C=N\NC(=O)CNC(=O)Nc2cccc(Cl)c2)cc1O. The van der Waals surface area contributed by atoms with Crippen LogP contribution in [-0.2, 0) is 4.79 Å². The Bertz CT molecular complexity index is 826. The summed E-state index contributed by atoms with van der Waals surface area (Å²) in [5.74, 6) is -0.219. The third-order valence-electron chi connectivity index (χ3n) is 3.10. The van der Waals surface area contributed by atoms with Crippen LogP contribution in [0.1, 0.15) is 5.56 Å². The van der Waals surface area contributed by atoms with E-state index >= 15 is 0 Å². The number of anilines is 1. The largest absolute Gasteiger partial charge is 0.504 e. The molecule has 2 aromatic rings. The molecule has 26 heavy (non-hydrogen) atoms. The highest BCUT2D eigenvalue weighted by molar-refractivity contribution is 6.30. The molecule has 0 bridgehead atoms. The van der Waals surface area contributed by atoms with E-state index < -0.39 is 11.9 Å². The first-order valence-corrected chi connectivity index (χ1v) is 7.85. The predicted octanol–water partition coefficient (Wildman–Crippen LogP) is 2.33. The van der Waals surface area contributed by atoms with E-state index in [1.165, 1.54) is 19.4 Å². The number of nitrogens with zero attached hydrogens (tertiary/aromatic N) is 1. The highest BCUT2D eigenvalue weighted by atomic mass is 35.5. The van der Waals surface area contributed by atoms with Gasteiger partial charge in [-0.15, -0.1) is 0 Å². The molecule has 8 nitrogen and oxygen atoms in total. The fourth-order valence-corrected chi connectivity index (χ4v) is 2.10. The summed E-state index contributed by atoms with van der Waals surface area (Å²) in [6, 6.07) is 10.7. The van der Waals surface area contributed by atoms with Crippen LogP contribution in [-0.4, -0.2) is 36.9 Å². The number of methoxy groups -OCH3 is 1. The first-order valence-electron chi connectivity index (χ1n) is 7.47. The van der Waals surface area contributed by atoms with E-state index in [0.717, 1.165) is 0 Å². The van der Waals surface area contributed by atoms with Crippen molar-refractivity contribution in [2.75, 3.05) is 19.0 Å². The first-order chi connectivity index (χ1) is 12.5. The number of hydrogen-bond donors (Lipinski definition) is 4. The van der Waals surface area contributed by atoms with Crippen molar-refractivity contribution in [2.45, 2.75) is 0 Å². The van der Waals surface area contributed by atoms with E-state index in [2.05, 4.69) is 21.2 Å². The van der Waals surface area contributed by atoms with E-state index in [9.17, 15) is 14.7 Å². The van der Waals surface area contributed by atoms with Gasteiger partial charge in [0.2, 0.25) is 0 Å². The number of phenolic OH excluding ortho intramolecular Hbond substituents is 1. The van der Waals surface area contributed by atoms with Crippen molar-refractivity contribution in [3.8, 4) is 11.5 Å². The number of amides is 3. The van der Waals surface area contributed by atoms with E-state index in [4.69, 9.17) is 16.3 Å². The van der Waals surface area contributed by atoms with Crippen LogP contribution >= 0.6 is 11.6 Å². The van der Waals surface area contributed by atoms with Gasteiger partial charge < -0.3 is 20.5 Å². The maximum Gasteiger partial charge on any atom is 0.319 e. The first kappa shape index (κ1) is 19.1. The molecular weight excluding hydrogens is 360 g/mol. The molecule has 0 aliphatic heterocycles. The zero-order valence-corrected chi connectivity index (χ0v) is 14.6. The van der Waals surface area contributed by atoms with E-state index in [-0.39, 0.29) is 12.3 Å². The van der Waals surface area contributed by atoms with Crippen LogP contribution in [0.4, 0.5) is 10.5 Å². The Morgan fingerprint density at radius 2 is 2.08 bits per heavy atom. The monoisotopic (exact) mass is 376 g/mol. The van der Waals surface area contributed by atoms with Crippen LogP contribution in [0.3, 0.4) is 0 Å². The normalized spacial score (nSPS) is 10.4. The number of ether oxygens (including phenoxy) is 1. The molecule has 9 heteroatoms. The number of halogens is 1. The molecule has 3 amide bonds. The number of aromatic hydroxyl groups is 1. The summed E-state index contributed by atoms with van der Waals surface area (Å²) in [5, 5.41) is 18.8. The number of benzene rings is 2. The van der Waals surface area contributed by atoms with Gasteiger partial charge in [-0.2, -0.15) is 5.10 Å². The fraction of sp³-hybridized carbons (Fsp3) is 0.118. The van der Waals surface area contributed by atoms with Crippen molar-refractivity contribution < 1.29 is 19.4 Å². The summed E-state index contributed by atoms with van der Waals surface area (Å²) in [6.45, 7) is -0.266. The van der Waals surface area contributed by atoms with Gasteiger partial charge in [0, 0.05) is 10.7 Å². The number of carbonyl (C=O) groups excluding carboxylic acids is 2. The van der Waals surface area contributed by atoms with E-state index in [0.29, 0.717) is 22.0 Å². The summed E-state index contributed by atoms with van der Waals surface area (Å²) >= 11 is 5.82. The second-order valence-electron chi connectivity index (χ2n) is 5.04. The number of phenols is 1. The van der Waals surface area contributed by atoms with Crippen molar-refractivity contribution in [1.29, 1.82) is 0 Å². The van der Waals surface area contributed by atoms with Gasteiger partial charge in [0.25, 0.3) is 5.91 Å². The van der Waals surface area contributed by atoms with Gasteiger partial charge in [0.05, 0.1) is 13.3 Å². The summed E-state index contributed by atoms with van der Waals surface area (Å²) in [6.07, 6.45) is 1.35. The number of carbonyl (C=O) groups is 2.